The molecule has 0 spiro atoms. The molecule has 1 saturated heterocycles. The van der Waals surface area contributed by atoms with E-state index in [0.29, 0.717) is 11.5 Å². The van der Waals surface area contributed by atoms with Gasteiger partial charge in [0.25, 0.3) is 5.91 Å². The molecular formula is C19H25N5O. The van der Waals surface area contributed by atoms with E-state index in [9.17, 15) is 4.79 Å². The van der Waals surface area contributed by atoms with Crippen molar-refractivity contribution >= 4 is 17.4 Å². The number of piperazine rings is 1. The van der Waals surface area contributed by atoms with Gasteiger partial charge >= 0.3 is 0 Å². The molecule has 1 N–H and O–H groups in total. The number of rotatable bonds is 4. The van der Waals surface area contributed by atoms with E-state index < -0.39 is 0 Å². The van der Waals surface area contributed by atoms with Gasteiger partial charge in [0, 0.05) is 31.9 Å². The lowest BCUT2D eigenvalue weighted by Crippen LogP contribution is -2.48. The van der Waals surface area contributed by atoms with Gasteiger partial charge < -0.3 is 15.1 Å². The molecule has 2 aromatic rings. The monoisotopic (exact) mass is 339 g/mol. The fraction of sp³-hybridized carbons (Fsp3) is 0.421. The van der Waals surface area contributed by atoms with Crippen LogP contribution in [-0.2, 0) is 0 Å². The van der Waals surface area contributed by atoms with E-state index in [-0.39, 0.29) is 5.91 Å². The van der Waals surface area contributed by atoms with E-state index in [4.69, 9.17) is 0 Å². The van der Waals surface area contributed by atoms with Crippen LogP contribution in [0.1, 0.15) is 28.5 Å². The zero-order valence-electron chi connectivity index (χ0n) is 15.1. The SMILES string of the molecule is CCN1CCN(C(=O)c2ccc(Nc3ccc(C)cc3C)nn2)CC1. The summed E-state index contributed by atoms with van der Waals surface area (Å²) in [6, 6.07) is 9.74. The van der Waals surface area contributed by atoms with Crippen molar-refractivity contribution in [2.75, 3.05) is 38.0 Å². The first-order valence-corrected chi connectivity index (χ1v) is 8.76. The molecule has 132 valence electrons. The van der Waals surface area contributed by atoms with Gasteiger partial charge in [0.15, 0.2) is 11.5 Å². The third-order valence-corrected chi connectivity index (χ3v) is 4.64. The van der Waals surface area contributed by atoms with Crippen LogP contribution >= 0.6 is 0 Å². The van der Waals surface area contributed by atoms with Gasteiger partial charge in [-0.15, -0.1) is 10.2 Å². The lowest BCUT2D eigenvalue weighted by molar-refractivity contribution is 0.0636. The Morgan fingerprint density at radius 3 is 2.44 bits per heavy atom. The van der Waals surface area contributed by atoms with Crippen molar-refractivity contribution in [1.29, 1.82) is 0 Å². The highest BCUT2D eigenvalue weighted by Gasteiger charge is 2.22. The summed E-state index contributed by atoms with van der Waals surface area (Å²) in [5.41, 5.74) is 3.76. The Morgan fingerprint density at radius 2 is 1.84 bits per heavy atom. The van der Waals surface area contributed by atoms with E-state index >= 15 is 0 Å². The molecule has 1 amide bonds. The summed E-state index contributed by atoms with van der Waals surface area (Å²) < 4.78 is 0. The number of aryl methyl sites for hydroxylation is 2. The molecule has 25 heavy (non-hydrogen) atoms. The zero-order chi connectivity index (χ0) is 17.8. The maximum Gasteiger partial charge on any atom is 0.274 e. The van der Waals surface area contributed by atoms with Crippen molar-refractivity contribution in [3.8, 4) is 0 Å². The second-order valence-corrected chi connectivity index (χ2v) is 6.47. The highest BCUT2D eigenvalue weighted by atomic mass is 16.2. The molecule has 1 aliphatic heterocycles. The van der Waals surface area contributed by atoms with Crippen molar-refractivity contribution in [2.45, 2.75) is 20.8 Å². The fourth-order valence-electron chi connectivity index (χ4n) is 3.03. The number of hydrogen-bond acceptors (Lipinski definition) is 5. The maximum absolute atomic E-state index is 12.5. The molecule has 0 bridgehead atoms. The zero-order valence-corrected chi connectivity index (χ0v) is 15.1. The maximum atomic E-state index is 12.5. The number of nitrogens with one attached hydrogen (secondary N) is 1. The van der Waals surface area contributed by atoms with Crippen LogP contribution in [0.2, 0.25) is 0 Å². The topological polar surface area (TPSA) is 61.4 Å². The summed E-state index contributed by atoms with van der Waals surface area (Å²) in [7, 11) is 0. The second-order valence-electron chi connectivity index (χ2n) is 6.47. The van der Waals surface area contributed by atoms with Crippen molar-refractivity contribution in [2.24, 2.45) is 0 Å². The molecule has 3 rings (SSSR count). The highest BCUT2D eigenvalue weighted by Crippen LogP contribution is 2.20. The van der Waals surface area contributed by atoms with Gasteiger partial charge in [0.2, 0.25) is 0 Å². The predicted octanol–water partition coefficient (Wildman–Crippen LogP) is 2.61. The van der Waals surface area contributed by atoms with Crippen molar-refractivity contribution in [3.05, 3.63) is 47.2 Å². The highest BCUT2D eigenvalue weighted by molar-refractivity contribution is 5.92. The third-order valence-electron chi connectivity index (χ3n) is 4.64. The molecule has 1 aromatic heterocycles. The van der Waals surface area contributed by atoms with Crippen LogP contribution < -0.4 is 5.32 Å². The van der Waals surface area contributed by atoms with Crippen LogP contribution in [0.25, 0.3) is 0 Å². The largest absolute Gasteiger partial charge is 0.339 e. The lowest BCUT2D eigenvalue weighted by Gasteiger charge is -2.33. The van der Waals surface area contributed by atoms with E-state index in [1.54, 1.807) is 6.07 Å². The van der Waals surface area contributed by atoms with Crippen molar-refractivity contribution in [1.82, 2.24) is 20.0 Å². The summed E-state index contributed by atoms with van der Waals surface area (Å²) in [5.74, 6) is 0.598. The number of aromatic nitrogens is 2. The van der Waals surface area contributed by atoms with E-state index in [1.807, 2.05) is 17.0 Å². The molecule has 1 fully saturated rings. The number of anilines is 2. The summed E-state index contributed by atoms with van der Waals surface area (Å²) in [4.78, 5) is 16.7. The number of nitrogens with zero attached hydrogens (tertiary/aromatic N) is 4. The Morgan fingerprint density at radius 1 is 1.08 bits per heavy atom. The number of likely N-dealkylation sites (N-methyl/N-ethyl adjacent to an activating group) is 1. The average molecular weight is 339 g/mol. The minimum atomic E-state index is -0.0404. The summed E-state index contributed by atoms with van der Waals surface area (Å²) in [6.45, 7) is 10.6. The van der Waals surface area contributed by atoms with Gasteiger partial charge in [0.1, 0.15) is 0 Å². The smallest absolute Gasteiger partial charge is 0.274 e. The minimum absolute atomic E-state index is 0.0404. The van der Waals surface area contributed by atoms with Gasteiger partial charge in [-0.25, -0.2) is 0 Å². The molecule has 2 heterocycles. The van der Waals surface area contributed by atoms with Gasteiger partial charge in [-0.3, -0.25) is 4.79 Å². The third kappa shape index (κ3) is 4.14. The Kier molecular flexibility index (Phi) is 5.28. The van der Waals surface area contributed by atoms with E-state index in [1.165, 1.54) is 5.56 Å². The molecule has 0 radical (unpaired) electrons. The normalized spacial score (nSPS) is 15.2. The predicted molar refractivity (Wildman–Crippen MR) is 99.2 cm³/mol. The fourth-order valence-corrected chi connectivity index (χ4v) is 3.03. The van der Waals surface area contributed by atoms with Crippen LogP contribution in [0.3, 0.4) is 0 Å². The molecule has 0 aliphatic carbocycles. The molecule has 6 nitrogen and oxygen atoms in total. The first kappa shape index (κ1) is 17.4. The number of carbonyl (C=O) groups excluding carboxylic acids is 1. The van der Waals surface area contributed by atoms with Gasteiger partial charge in [-0.2, -0.15) is 0 Å². The number of carbonyl (C=O) groups is 1. The van der Waals surface area contributed by atoms with Gasteiger partial charge in [-0.05, 0) is 44.2 Å². The van der Waals surface area contributed by atoms with Crippen molar-refractivity contribution < 1.29 is 4.79 Å². The second kappa shape index (κ2) is 7.61. The lowest BCUT2D eigenvalue weighted by atomic mass is 10.1. The Hall–Kier alpha value is -2.47. The summed E-state index contributed by atoms with van der Waals surface area (Å²) in [6.07, 6.45) is 0. The van der Waals surface area contributed by atoms with E-state index in [0.717, 1.165) is 44.0 Å². The molecule has 0 unspecified atom stereocenters. The average Bonchev–Trinajstić information content (AvgIpc) is 2.64. The number of amides is 1. The van der Waals surface area contributed by atoms with Crippen LogP contribution in [0.15, 0.2) is 30.3 Å². The molecule has 6 heteroatoms. The van der Waals surface area contributed by atoms with E-state index in [2.05, 4.69) is 53.3 Å². The Balaban J connectivity index is 1.64. The van der Waals surface area contributed by atoms with Crippen LogP contribution in [0.5, 0.6) is 0 Å². The van der Waals surface area contributed by atoms with Crippen LogP contribution in [-0.4, -0.2) is 58.6 Å². The Labute approximate surface area is 148 Å². The Bertz CT molecular complexity index is 736. The number of benzene rings is 1. The summed E-state index contributed by atoms with van der Waals surface area (Å²) >= 11 is 0. The molecule has 0 atom stereocenters. The van der Waals surface area contributed by atoms with Gasteiger partial charge in [0.05, 0.1) is 0 Å². The quantitative estimate of drug-likeness (QED) is 0.928. The molecule has 1 aromatic carbocycles. The standard InChI is InChI=1S/C19H25N5O/c1-4-23-9-11-24(12-10-23)19(25)17-7-8-18(22-21-17)20-16-6-5-14(2)13-15(16)3/h5-8,13H,4,9-12H2,1-3H3,(H,20,22). The van der Waals surface area contributed by atoms with Crippen LogP contribution in [0, 0.1) is 13.8 Å². The first-order chi connectivity index (χ1) is 12.1. The minimum Gasteiger partial charge on any atom is -0.339 e. The van der Waals surface area contributed by atoms with Crippen LogP contribution in [0.4, 0.5) is 11.5 Å². The molecule has 0 saturated carbocycles. The molecular weight excluding hydrogens is 314 g/mol. The number of hydrogen-bond donors (Lipinski definition) is 1. The molecule has 1 aliphatic rings. The summed E-state index contributed by atoms with van der Waals surface area (Å²) in [5, 5.41) is 11.5. The first-order valence-electron chi connectivity index (χ1n) is 8.76. The van der Waals surface area contributed by atoms with Gasteiger partial charge in [-0.1, -0.05) is 24.6 Å². The van der Waals surface area contributed by atoms with Crippen molar-refractivity contribution in [3.63, 3.8) is 0 Å².